The van der Waals surface area contributed by atoms with Gasteiger partial charge in [-0.05, 0) is 131 Å². The average molecular weight is 698 g/mol. The van der Waals surface area contributed by atoms with Crippen LogP contribution in [-0.2, 0) is 9.47 Å². The van der Waals surface area contributed by atoms with Gasteiger partial charge in [0.25, 0.3) is 0 Å². The van der Waals surface area contributed by atoms with Crippen molar-refractivity contribution in [3.8, 4) is 0 Å². The first-order chi connectivity index (χ1) is 23.9. The van der Waals surface area contributed by atoms with Gasteiger partial charge in [0.15, 0.2) is 5.79 Å². The van der Waals surface area contributed by atoms with Gasteiger partial charge >= 0.3 is 12.1 Å². The summed E-state index contributed by atoms with van der Waals surface area (Å²) in [7, 11) is 4.00. The van der Waals surface area contributed by atoms with Crippen LogP contribution < -0.4 is 16.0 Å². The summed E-state index contributed by atoms with van der Waals surface area (Å²) in [6.45, 7) is 13.4. The Kier molecular flexibility index (Phi) is 10.8. The van der Waals surface area contributed by atoms with E-state index in [1.807, 2.05) is 14.1 Å². The molecule has 2 aliphatic heterocycles. The zero-order chi connectivity index (χ0) is 35.3. The number of urea groups is 2. The molecule has 0 bridgehead atoms. The van der Waals surface area contributed by atoms with E-state index < -0.39 is 0 Å². The van der Waals surface area contributed by atoms with Crippen LogP contribution in [0.2, 0.25) is 0 Å². The van der Waals surface area contributed by atoms with E-state index in [9.17, 15) is 9.59 Å². The maximum atomic E-state index is 14.0. The molecular weight excluding hydrogens is 626 g/mol. The molecule has 2 heterocycles. The summed E-state index contributed by atoms with van der Waals surface area (Å²) in [4.78, 5) is 30.5. The summed E-state index contributed by atoms with van der Waals surface area (Å²) in [5, 5.41) is 9.48. The molecule has 3 N–H and O–H groups in total. The summed E-state index contributed by atoms with van der Waals surface area (Å²) in [5.74, 6) is 4.46. The minimum atomic E-state index is -0.331. The number of carbonyl (C=O) groups is 2. The topological polar surface area (TPSA) is 95.2 Å². The summed E-state index contributed by atoms with van der Waals surface area (Å²) in [5.41, 5.74) is 0.728. The van der Waals surface area contributed by atoms with Gasteiger partial charge in [-0.2, -0.15) is 0 Å². The number of ether oxygens (including phenoxy) is 2. The van der Waals surface area contributed by atoms with E-state index in [1.165, 1.54) is 64.2 Å². The van der Waals surface area contributed by atoms with E-state index >= 15 is 0 Å². The summed E-state index contributed by atoms with van der Waals surface area (Å²) >= 11 is 0. The third-order valence-corrected chi connectivity index (χ3v) is 16.0. The van der Waals surface area contributed by atoms with Crippen LogP contribution in [0.3, 0.4) is 0 Å². The number of amides is 4. The van der Waals surface area contributed by atoms with E-state index in [-0.39, 0.29) is 29.9 Å². The summed E-state index contributed by atoms with van der Waals surface area (Å²) < 4.78 is 13.6. The number of rotatable bonds is 8. The van der Waals surface area contributed by atoms with E-state index in [0.717, 1.165) is 63.0 Å². The lowest BCUT2D eigenvalue weighted by molar-refractivity contribution is -0.273. The molecule has 1 spiro atoms. The van der Waals surface area contributed by atoms with E-state index in [4.69, 9.17) is 9.47 Å². The minimum absolute atomic E-state index is 0.0863. The average Bonchev–Trinajstić information content (AvgIpc) is 3.54. The van der Waals surface area contributed by atoms with Crippen molar-refractivity contribution in [2.45, 2.75) is 148 Å². The Labute approximate surface area is 303 Å². The highest BCUT2D eigenvalue weighted by atomic mass is 16.7. The fraction of sp³-hybridized carbons (Fsp3) is 0.951. The zero-order valence-electron chi connectivity index (χ0n) is 32.4. The Bertz CT molecular complexity index is 1200. The Hall–Kier alpha value is -1.58. The first-order valence-corrected chi connectivity index (χ1v) is 21.0. The highest BCUT2D eigenvalue weighted by molar-refractivity contribution is 5.75. The zero-order valence-corrected chi connectivity index (χ0v) is 32.4. The van der Waals surface area contributed by atoms with Crippen molar-refractivity contribution in [2.24, 2.45) is 52.3 Å². The Balaban J connectivity index is 0.950. The standard InChI is InChI=1S/C41H71N5O4/c1-27-14-19-41(49-26-27)28(2)36-35(50-41)25-34-32-13-12-29-24-30(15-17-39(29,3)33(32)16-18-40(34,36)4)44-38(48)46(31-10-8-7-9-11-31)23-21-43-37(47)42-20-22-45(5)6/h27-36H,7-26H2,1-6H3,(H,44,48)(H2,42,43,47)/t27-,28-,29+,30+,32+,33-,34-,35-,36-,39-,40-,41+/m0/s1. The molecule has 0 unspecified atom stereocenters. The molecule has 12 atom stereocenters. The Morgan fingerprint density at radius 3 is 2.26 bits per heavy atom. The van der Waals surface area contributed by atoms with Crippen molar-refractivity contribution in [2.75, 3.05) is 46.9 Å². The number of nitrogens with zero attached hydrogens (tertiary/aromatic N) is 2. The lowest BCUT2D eigenvalue weighted by Gasteiger charge is -2.61. The molecule has 4 amide bonds. The molecule has 2 saturated heterocycles. The summed E-state index contributed by atoms with van der Waals surface area (Å²) in [6.07, 6.45) is 18.4. The van der Waals surface area contributed by atoms with Gasteiger partial charge in [-0.15, -0.1) is 0 Å². The van der Waals surface area contributed by atoms with Gasteiger partial charge < -0.3 is 35.2 Å². The molecule has 0 radical (unpaired) electrons. The van der Waals surface area contributed by atoms with Crippen LogP contribution in [0.25, 0.3) is 0 Å². The van der Waals surface area contributed by atoms with Gasteiger partial charge in [-0.3, -0.25) is 0 Å². The SMILES string of the molecule is C[C@H]1CC[C@@]2(OC1)O[C@H]1C[C@H]3[C@@H]4CC[C@@H]5C[C@H](NC(=O)N(CCNC(=O)NCCN(C)C)C6CCCCC6)CC[C@]5(C)[C@H]4CC[C@]3(C)[C@H]1[C@@H]2C. The summed E-state index contributed by atoms with van der Waals surface area (Å²) in [6, 6.07) is 0.446. The number of likely N-dealkylation sites (N-methyl/N-ethyl adjacent to an activating group) is 1. The number of nitrogens with one attached hydrogen (secondary N) is 3. The molecule has 9 heteroatoms. The third-order valence-electron chi connectivity index (χ3n) is 16.0. The van der Waals surface area contributed by atoms with Gasteiger partial charge in [0.05, 0.1) is 12.7 Å². The quantitative estimate of drug-likeness (QED) is 0.254. The largest absolute Gasteiger partial charge is 0.349 e. The molecule has 9 nitrogen and oxygen atoms in total. The fourth-order valence-electron chi connectivity index (χ4n) is 13.3. The first-order valence-electron chi connectivity index (χ1n) is 21.0. The molecule has 7 fully saturated rings. The maximum Gasteiger partial charge on any atom is 0.317 e. The predicted molar refractivity (Wildman–Crippen MR) is 198 cm³/mol. The van der Waals surface area contributed by atoms with Crippen molar-refractivity contribution in [1.29, 1.82) is 0 Å². The van der Waals surface area contributed by atoms with Crippen LogP contribution in [0, 0.1) is 52.3 Å². The minimum Gasteiger partial charge on any atom is -0.349 e. The van der Waals surface area contributed by atoms with Gasteiger partial charge in [-0.1, -0.05) is 47.0 Å². The molecule has 5 aliphatic carbocycles. The molecule has 7 aliphatic rings. The van der Waals surface area contributed by atoms with Crippen molar-refractivity contribution in [1.82, 2.24) is 25.8 Å². The van der Waals surface area contributed by atoms with E-state index in [0.29, 0.717) is 60.2 Å². The predicted octanol–water partition coefficient (Wildman–Crippen LogP) is 7.01. The fourth-order valence-corrected chi connectivity index (χ4v) is 13.3. The van der Waals surface area contributed by atoms with Gasteiger partial charge in [-0.25, -0.2) is 9.59 Å². The number of hydrogen-bond donors (Lipinski definition) is 3. The van der Waals surface area contributed by atoms with Crippen LogP contribution in [0.5, 0.6) is 0 Å². The first kappa shape index (κ1) is 36.8. The molecule has 0 aromatic carbocycles. The van der Waals surface area contributed by atoms with Crippen molar-refractivity contribution in [3.05, 3.63) is 0 Å². The second-order valence-electron chi connectivity index (χ2n) is 19.1. The van der Waals surface area contributed by atoms with E-state index in [2.05, 4.69) is 53.4 Å². The maximum absolute atomic E-state index is 14.0. The van der Waals surface area contributed by atoms with E-state index in [1.54, 1.807) is 0 Å². The number of carbonyl (C=O) groups excluding carboxylic acids is 2. The lowest BCUT2D eigenvalue weighted by atomic mass is 9.44. The van der Waals surface area contributed by atoms with Crippen LogP contribution >= 0.6 is 0 Å². The smallest absolute Gasteiger partial charge is 0.317 e. The van der Waals surface area contributed by atoms with Gasteiger partial charge in [0, 0.05) is 50.6 Å². The van der Waals surface area contributed by atoms with Crippen molar-refractivity contribution < 1.29 is 19.1 Å². The molecule has 5 saturated carbocycles. The third kappa shape index (κ3) is 6.83. The Morgan fingerprint density at radius 1 is 0.800 bits per heavy atom. The normalized spacial score (nSPS) is 44.2. The number of fused-ring (bicyclic) bond motifs is 7. The highest BCUT2D eigenvalue weighted by Crippen LogP contribution is 2.71. The second kappa shape index (κ2) is 14.7. The molecule has 50 heavy (non-hydrogen) atoms. The molecule has 284 valence electrons. The monoisotopic (exact) mass is 698 g/mol. The van der Waals surface area contributed by atoms with Crippen molar-refractivity contribution in [3.63, 3.8) is 0 Å². The molecular formula is C41H71N5O4. The van der Waals surface area contributed by atoms with Crippen LogP contribution in [0.4, 0.5) is 9.59 Å². The Morgan fingerprint density at radius 2 is 1.54 bits per heavy atom. The molecule has 0 aromatic rings. The lowest BCUT2D eigenvalue weighted by Crippen LogP contribution is -2.57. The van der Waals surface area contributed by atoms with Gasteiger partial charge in [0.2, 0.25) is 0 Å². The van der Waals surface area contributed by atoms with Crippen LogP contribution in [0.1, 0.15) is 124 Å². The van der Waals surface area contributed by atoms with Crippen molar-refractivity contribution >= 4 is 12.1 Å². The highest BCUT2D eigenvalue weighted by Gasteiger charge is 2.69. The second-order valence-corrected chi connectivity index (χ2v) is 19.1. The molecule has 0 aromatic heterocycles. The van der Waals surface area contributed by atoms with Gasteiger partial charge in [0.1, 0.15) is 0 Å². The molecule has 7 rings (SSSR count). The number of hydrogen-bond acceptors (Lipinski definition) is 5. The van der Waals surface area contributed by atoms with Crippen LogP contribution in [0.15, 0.2) is 0 Å². The van der Waals surface area contributed by atoms with Crippen LogP contribution in [-0.4, -0.2) is 92.7 Å².